The predicted molar refractivity (Wildman–Crippen MR) is 124 cm³/mol. The maximum atomic E-state index is 13.3. The number of piperidine rings is 1. The second-order valence-corrected chi connectivity index (χ2v) is 10.5. The monoisotopic (exact) mass is 455 g/mol. The number of benzene rings is 2. The molecular formula is C24H29N3O4S. The molecule has 0 aromatic heterocycles. The summed E-state index contributed by atoms with van der Waals surface area (Å²) in [5.41, 5.74) is 3.32. The first-order valence-electron chi connectivity index (χ1n) is 11.1. The Labute approximate surface area is 189 Å². The Morgan fingerprint density at radius 2 is 1.75 bits per heavy atom. The summed E-state index contributed by atoms with van der Waals surface area (Å²) < 4.78 is 27.8. The third-order valence-electron chi connectivity index (χ3n) is 6.21. The maximum absolute atomic E-state index is 13.3. The Balaban J connectivity index is 1.53. The van der Waals surface area contributed by atoms with Crippen molar-refractivity contribution < 1.29 is 18.0 Å². The van der Waals surface area contributed by atoms with Crippen molar-refractivity contribution in [3.63, 3.8) is 0 Å². The molecular weight excluding hydrogens is 426 g/mol. The molecule has 0 bridgehead atoms. The number of rotatable bonds is 5. The number of nitrogens with zero attached hydrogens (tertiary/aromatic N) is 2. The molecule has 2 aromatic rings. The number of carbonyl (C=O) groups is 2. The van der Waals surface area contributed by atoms with E-state index in [1.54, 1.807) is 35.2 Å². The first-order valence-corrected chi connectivity index (χ1v) is 12.5. The number of anilines is 2. The maximum Gasteiger partial charge on any atom is 0.243 e. The lowest BCUT2D eigenvalue weighted by Crippen LogP contribution is -2.49. The Bertz CT molecular complexity index is 1130. The van der Waals surface area contributed by atoms with Crippen LogP contribution in [0.2, 0.25) is 0 Å². The van der Waals surface area contributed by atoms with Crippen molar-refractivity contribution in [1.82, 2.24) is 4.31 Å². The van der Waals surface area contributed by atoms with Crippen LogP contribution in [0.4, 0.5) is 11.4 Å². The molecule has 0 unspecified atom stereocenters. The molecule has 0 aliphatic carbocycles. The van der Waals surface area contributed by atoms with E-state index in [-0.39, 0.29) is 16.7 Å². The summed E-state index contributed by atoms with van der Waals surface area (Å²) in [7, 11) is -3.77. The van der Waals surface area contributed by atoms with Crippen molar-refractivity contribution in [2.24, 2.45) is 0 Å². The Morgan fingerprint density at radius 1 is 1.00 bits per heavy atom. The molecule has 170 valence electrons. The molecule has 2 aliphatic heterocycles. The number of hydrogen-bond acceptors (Lipinski definition) is 4. The van der Waals surface area contributed by atoms with Crippen LogP contribution in [0.5, 0.6) is 0 Å². The zero-order chi connectivity index (χ0) is 22.9. The number of nitrogens with one attached hydrogen (secondary N) is 1. The molecule has 7 nitrogen and oxygen atoms in total. The highest BCUT2D eigenvalue weighted by Gasteiger charge is 2.37. The van der Waals surface area contributed by atoms with Gasteiger partial charge in [0.1, 0.15) is 6.04 Å². The minimum Gasteiger partial charge on any atom is -0.325 e. The van der Waals surface area contributed by atoms with Crippen molar-refractivity contribution in [2.75, 3.05) is 23.3 Å². The van der Waals surface area contributed by atoms with Gasteiger partial charge in [-0.05, 0) is 69.0 Å². The molecule has 2 aromatic carbocycles. The molecule has 1 atom stereocenters. The summed E-state index contributed by atoms with van der Waals surface area (Å²) in [6, 6.07) is 11.4. The van der Waals surface area contributed by atoms with E-state index in [0.29, 0.717) is 31.6 Å². The molecule has 32 heavy (non-hydrogen) atoms. The van der Waals surface area contributed by atoms with Crippen molar-refractivity contribution in [2.45, 2.75) is 56.9 Å². The lowest BCUT2D eigenvalue weighted by molar-refractivity contribution is -0.120. The second kappa shape index (κ2) is 9.03. The lowest BCUT2D eigenvalue weighted by atomic mass is 10.0. The quantitative estimate of drug-likeness (QED) is 0.746. The van der Waals surface area contributed by atoms with Gasteiger partial charge in [-0.3, -0.25) is 9.59 Å². The molecule has 2 saturated heterocycles. The van der Waals surface area contributed by atoms with Crippen molar-refractivity contribution in [3.05, 3.63) is 53.6 Å². The molecule has 0 spiro atoms. The van der Waals surface area contributed by atoms with Crippen LogP contribution in [0.3, 0.4) is 0 Å². The lowest BCUT2D eigenvalue weighted by Gasteiger charge is -2.33. The zero-order valence-corrected chi connectivity index (χ0v) is 19.3. The molecule has 0 radical (unpaired) electrons. The van der Waals surface area contributed by atoms with Gasteiger partial charge < -0.3 is 10.2 Å². The highest BCUT2D eigenvalue weighted by molar-refractivity contribution is 7.89. The standard InChI is InChI=1S/C24H29N3O4S/c1-17-8-11-20(12-9-17)32(30,31)27-15-4-3-6-22(27)24(29)25-19-10-13-21(18(2)16-19)26-14-5-7-23(26)28/h8-13,16,22H,3-7,14-15H2,1-2H3,(H,25,29)/t22-/m1/s1. The van der Waals surface area contributed by atoms with Crippen molar-refractivity contribution in [1.29, 1.82) is 0 Å². The first-order chi connectivity index (χ1) is 15.3. The average Bonchev–Trinajstić information content (AvgIpc) is 3.19. The predicted octanol–water partition coefficient (Wildman–Crippen LogP) is 3.61. The average molecular weight is 456 g/mol. The van der Waals surface area contributed by atoms with Crippen molar-refractivity contribution >= 4 is 33.2 Å². The van der Waals surface area contributed by atoms with Gasteiger partial charge in [0.2, 0.25) is 21.8 Å². The van der Waals surface area contributed by atoms with Crippen LogP contribution >= 0.6 is 0 Å². The van der Waals surface area contributed by atoms with E-state index in [4.69, 9.17) is 0 Å². The molecule has 2 amide bonds. The Morgan fingerprint density at radius 3 is 2.41 bits per heavy atom. The molecule has 0 saturated carbocycles. The van der Waals surface area contributed by atoms with Gasteiger partial charge in [-0.15, -0.1) is 0 Å². The summed E-state index contributed by atoms with van der Waals surface area (Å²) in [5.74, 6) is -0.214. The first kappa shape index (κ1) is 22.5. The smallest absolute Gasteiger partial charge is 0.243 e. The minimum atomic E-state index is -3.77. The van der Waals surface area contributed by atoms with E-state index in [0.717, 1.165) is 36.1 Å². The van der Waals surface area contributed by atoms with Gasteiger partial charge in [0.15, 0.2) is 0 Å². The fourth-order valence-electron chi connectivity index (χ4n) is 4.46. The Kier molecular flexibility index (Phi) is 6.35. The van der Waals surface area contributed by atoms with Gasteiger partial charge in [0.05, 0.1) is 4.90 Å². The highest BCUT2D eigenvalue weighted by Crippen LogP contribution is 2.29. The SMILES string of the molecule is Cc1ccc(S(=O)(=O)N2CCCC[C@@H]2C(=O)Nc2ccc(N3CCCC3=O)c(C)c2)cc1. The van der Waals surface area contributed by atoms with E-state index < -0.39 is 16.1 Å². The largest absolute Gasteiger partial charge is 0.325 e. The van der Waals surface area contributed by atoms with Gasteiger partial charge in [-0.1, -0.05) is 24.1 Å². The summed E-state index contributed by atoms with van der Waals surface area (Å²) in [6.07, 6.45) is 3.42. The summed E-state index contributed by atoms with van der Waals surface area (Å²) in [6.45, 7) is 4.84. The minimum absolute atomic E-state index is 0.115. The molecule has 2 heterocycles. The van der Waals surface area contributed by atoms with Crippen LogP contribution in [0.25, 0.3) is 0 Å². The number of amides is 2. The topological polar surface area (TPSA) is 86.8 Å². The van der Waals surface area contributed by atoms with Crippen LogP contribution in [0, 0.1) is 13.8 Å². The molecule has 1 N–H and O–H groups in total. The van der Waals surface area contributed by atoms with E-state index >= 15 is 0 Å². The van der Waals surface area contributed by atoms with E-state index in [1.807, 2.05) is 26.0 Å². The van der Waals surface area contributed by atoms with Crippen LogP contribution in [0.1, 0.15) is 43.2 Å². The van der Waals surface area contributed by atoms with Crippen LogP contribution in [0.15, 0.2) is 47.4 Å². The number of sulfonamides is 1. The van der Waals surface area contributed by atoms with E-state index in [2.05, 4.69) is 5.32 Å². The fourth-order valence-corrected chi connectivity index (χ4v) is 6.12. The van der Waals surface area contributed by atoms with E-state index in [1.165, 1.54) is 4.31 Å². The van der Waals surface area contributed by atoms with Crippen LogP contribution < -0.4 is 10.2 Å². The third kappa shape index (κ3) is 4.42. The molecule has 4 rings (SSSR count). The van der Waals surface area contributed by atoms with Gasteiger partial charge in [-0.2, -0.15) is 4.31 Å². The normalized spacial score (nSPS) is 19.9. The van der Waals surface area contributed by atoms with Crippen LogP contribution in [-0.4, -0.2) is 43.7 Å². The van der Waals surface area contributed by atoms with Crippen molar-refractivity contribution in [3.8, 4) is 0 Å². The molecule has 2 fully saturated rings. The number of carbonyl (C=O) groups excluding carboxylic acids is 2. The number of hydrogen-bond donors (Lipinski definition) is 1. The number of aryl methyl sites for hydroxylation is 2. The molecule has 8 heteroatoms. The van der Waals surface area contributed by atoms with Gasteiger partial charge >= 0.3 is 0 Å². The Hall–Kier alpha value is -2.71. The highest BCUT2D eigenvalue weighted by atomic mass is 32.2. The van der Waals surface area contributed by atoms with E-state index in [9.17, 15) is 18.0 Å². The summed E-state index contributed by atoms with van der Waals surface area (Å²) in [5, 5.41) is 2.90. The van der Waals surface area contributed by atoms with Gasteiger partial charge in [0.25, 0.3) is 0 Å². The summed E-state index contributed by atoms with van der Waals surface area (Å²) in [4.78, 5) is 27.2. The second-order valence-electron chi connectivity index (χ2n) is 8.58. The fraction of sp³-hybridized carbons (Fsp3) is 0.417. The molecule has 2 aliphatic rings. The van der Waals surface area contributed by atoms with Crippen LogP contribution in [-0.2, 0) is 19.6 Å². The third-order valence-corrected chi connectivity index (χ3v) is 8.13. The van der Waals surface area contributed by atoms with Gasteiger partial charge in [-0.25, -0.2) is 8.42 Å². The summed E-state index contributed by atoms with van der Waals surface area (Å²) >= 11 is 0. The van der Waals surface area contributed by atoms with Gasteiger partial charge in [0, 0.05) is 30.9 Å². The zero-order valence-electron chi connectivity index (χ0n) is 18.5.